The third kappa shape index (κ3) is 1.82. The van der Waals surface area contributed by atoms with Gasteiger partial charge in [0.15, 0.2) is 0 Å². The van der Waals surface area contributed by atoms with Crippen molar-refractivity contribution in [1.82, 2.24) is 4.90 Å². The lowest BCUT2D eigenvalue weighted by molar-refractivity contribution is 0.0885. The molecule has 1 heterocycles. The average molecular weight is 196 g/mol. The first-order chi connectivity index (χ1) is 6.76. The number of likely N-dealkylation sites (N-methyl/N-ethyl adjacent to an activating group) is 1. The summed E-state index contributed by atoms with van der Waals surface area (Å²) in [5.41, 5.74) is 6.72. The summed E-state index contributed by atoms with van der Waals surface area (Å²) in [7, 11) is 0. The molecule has 0 spiro atoms. The quantitative estimate of drug-likeness (QED) is 0.733. The largest absolute Gasteiger partial charge is 0.324 e. The molecule has 2 rings (SSSR count). The van der Waals surface area contributed by atoms with E-state index >= 15 is 0 Å². The van der Waals surface area contributed by atoms with E-state index in [1.807, 2.05) is 0 Å². The van der Waals surface area contributed by atoms with Crippen LogP contribution in [0.25, 0.3) is 0 Å². The Morgan fingerprint density at radius 2 is 1.93 bits per heavy atom. The van der Waals surface area contributed by atoms with Gasteiger partial charge in [0.1, 0.15) is 0 Å². The summed E-state index contributed by atoms with van der Waals surface area (Å²) in [5.74, 6) is 0. The van der Waals surface area contributed by atoms with Gasteiger partial charge in [0, 0.05) is 11.6 Å². The Morgan fingerprint density at radius 3 is 2.57 bits per heavy atom. The zero-order chi connectivity index (χ0) is 10.0. The number of piperidine rings is 1. The molecule has 0 aromatic rings. The average Bonchev–Trinajstić information content (AvgIpc) is 2.66. The summed E-state index contributed by atoms with van der Waals surface area (Å²) in [6.45, 7) is 4.74. The lowest BCUT2D eigenvalue weighted by Gasteiger charge is -2.44. The van der Waals surface area contributed by atoms with Gasteiger partial charge in [-0.25, -0.2) is 0 Å². The molecule has 1 aliphatic carbocycles. The molecule has 1 unspecified atom stereocenters. The van der Waals surface area contributed by atoms with Gasteiger partial charge < -0.3 is 5.73 Å². The van der Waals surface area contributed by atoms with Crippen LogP contribution in [-0.4, -0.2) is 29.6 Å². The van der Waals surface area contributed by atoms with Gasteiger partial charge in [-0.2, -0.15) is 0 Å². The molecule has 0 bridgehead atoms. The van der Waals surface area contributed by atoms with Crippen LogP contribution in [0.3, 0.4) is 0 Å². The lowest BCUT2D eigenvalue weighted by Crippen LogP contribution is -2.58. The highest BCUT2D eigenvalue weighted by molar-refractivity contribution is 5.01. The molecule has 2 fully saturated rings. The molecule has 1 saturated carbocycles. The summed E-state index contributed by atoms with van der Waals surface area (Å²) in [4.78, 5) is 2.62. The molecule has 0 aromatic carbocycles. The van der Waals surface area contributed by atoms with E-state index in [1.54, 1.807) is 0 Å². The molecular formula is C12H24N2. The number of hydrogen-bond acceptors (Lipinski definition) is 2. The van der Waals surface area contributed by atoms with E-state index in [0.29, 0.717) is 6.04 Å². The van der Waals surface area contributed by atoms with E-state index in [9.17, 15) is 0 Å². The minimum absolute atomic E-state index is 0.163. The van der Waals surface area contributed by atoms with E-state index in [1.165, 1.54) is 58.0 Å². The zero-order valence-corrected chi connectivity index (χ0v) is 9.47. The number of likely N-dealkylation sites (tertiary alicyclic amines) is 1. The standard InChI is InChI=1S/C12H24N2/c1-2-14-10-6-3-7-11(14)12(13)8-4-5-9-12/h11H,2-10,13H2,1H3. The number of nitrogens with two attached hydrogens (primary N) is 1. The smallest absolute Gasteiger partial charge is 0.0312 e. The van der Waals surface area contributed by atoms with Crippen LogP contribution in [0.1, 0.15) is 51.9 Å². The third-order valence-corrected chi connectivity index (χ3v) is 4.22. The minimum Gasteiger partial charge on any atom is -0.324 e. The topological polar surface area (TPSA) is 29.3 Å². The van der Waals surface area contributed by atoms with E-state index in [4.69, 9.17) is 5.73 Å². The molecule has 1 aliphatic heterocycles. The van der Waals surface area contributed by atoms with Gasteiger partial charge in [-0.05, 0) is 38.8 Å². The fraction of sp³-hybridized carbons (Fsp3) is 1.00. The van der Waals surface area contributed by atoms with Gasteiger partial charge >= 0.3 is 0 Å². The molecule has 82 valence electrons. The molecule has 0 amide bonds. The normalized spacial score (nSPS) is 33.4. The number of rotatable bonds is 2. The molecule has 0 aromatic heterocycles. The van der Waals surface area contributed by atoms with Crippen LogP contribution >= 0.6 is 0 Å². The van der Waals surface area contributed by atoms with Crippen LogP contribution in [0.15, 0.2) is 0 Å². The van der Waals surface area contributed by atoms with Crippen LogP contribution in [0.5, 0.6) is 0 Å². The Labute approximate surface area is 87.8 Å². The first-order valence-electron chi connectivity index (χ1n) is 6.29. The van der Waals surface area contributed by atoms with Crippen molar-refractivity contribution < 1.29 is 0 Å². The Bertz CT molecular complexity index is 185. The summed E-state index contributed by atoms with van der Waals surface area (Å²) >= 11 is 0. The molecule has 2 heteroatoms. The molecule has 14 heavy (non-hydrogen) atoms. The van der Waals surface area contributed by atoms with Crippen molar-refractivity contribution >= 4 is 0 Å². The van der Waals surface area contributed by atoms with Crippen molar-refractivity contribution in [1.29, 1.82) is 0 Å². The predicted molar refractivity (Wildman–Crippen MR) is 60.3 cm³/mol. The van der Waals surface area contributed by atoms with Crippen molar-refractivity contribution in [3.05, 3.63) is 0 Å². The Morgan fingerprint density at radius 1 is 1.21 bits per heavy atom. The van der Waals surface area contributed by atoms with Gasteiger partial charge in [-0.1, -0.05) is 26.2 Å². The van der Waals surface area contributed by atoms with Crippen molar-refractivity contribution in [3.8, 4) is 0 Å². The molecule has 1 atom stereocenters. The Hall–Kier alpha value is -0.0800. The highest BCUT2D eigenvalue weighted by Gasteiger charge is 2.40. The second kappa shape index (κ2) is 4.19. The Balaban J connectivity index is 2.05. The van der Waals surface area contributed by atoms with Crippen LogP contribution in [0.4, 0.5) is 0 Å². The van der Waals surface area contributed by atoms with E-state index < -0.39 is 0 Å². The highest BCUT2D eigenvalue weighted by Crippen LogP contribution is 2.36. The maximum Gasteiger partial charge on any atom is 0.0312 e. The van der Waals surface area contributed by atoms with Gasteiger partial charge in [0.05, 0.1) is 0 Å². The van der Waals surface area contributed by atoms with Gasteiger partial charge in [0.2, 0.25) is 0 Å². The van der Waals surface area contributed by atoms with Gasteiger partial charge in [0.25, 0.3) is 0 Å². The monoisotopic (exact) mass is 196 g/mol. The summed E-state index contributed by atoms with van der Waals surface area (Å²) < 4.78 is 0. The van der Waals surface area contributed by atoms with Crippen LogP contribution in [-0.2, 0) is 0 Å². The first kappa shape index (κ1) is 10.4. The van der Waals surface area contributed by atoms with Crippen LogP contribution in [0.2, 0.25) is 0 Å². The van der Waals surface area contributed by atoms with Gasteiger partial charge in [-0.3, -0.25) is 4.90 Å². The van der Waals surface area contributed by atoms with Crippen LogP contribution in [0, 0.1) is 0 Å². The minimum atomic E-state index is 0.163. The predicted octanol–water partition coefficient (Wildman–Crippen LogP) is 2.13. The van der Waals surface area contributed by atoms with Crippen molar-refractivity contribution in [2.45, 2.75) is 63.5 Å². The van der Waals surface area contributed by atoms with Crippen molar-refractivity contribution in [2.24, 2.45) is 5.73 Å². The summed E-state index contributed by atoms with van der Waals surface area (Å²) in [6.07, 6.45) is 9.32. The fourth-order valence-electron chi connectivity index (χ4n) is 3.39. The molecule has 1 saturated heterocycles. The van der Waals surface area contributed by atoms with Crippen molar-refractivity contribution in [3.63, 3.8) is 0 Å². The molecule has 0 radical (unpaired) electrons. The fourth-order valence-corrected chi connectivity index (χ4v) is 3.39. The molecule has 2 aliphatic rings. The third-order valence-electron chi connectivity index (χ3n) is 4.22. The van der Waals surface area contributed by atoms with Crippen LogP contribution < -0.4 is 5.73 Å². The second-order valence-electron chi connectivity index (χ2n) is 5.08. The summed E-state index contributed by atoms with van der Waals surface area (Å²) in [5, 5.41) is 0. The van der Waals surface area contributed by atoms with Gasteiger partial charge in [-0.15, -0.1) is 0 Å². The molecular weight excluding hydrogens is 172 g/mol. The number of nitrogens with zero attached hydrogens (tertiary/aromatic N) is 1. The lowest BCUT2D eigenvalue weighted by atomic mass is 9.83. The van der Waals surface area contributed by atoms with Crippen molar-refractivity contribution in [2.75, 3.05) is 13.1 Å². The van der Waals surface area contributed by atoms with E-state index in [0.717, 1.165) is 0 Å². The van der Waals surface area contributed by atoms with E-state index in [-0.39, 0.29) is 5.54 Å². The molecule has 2 nitrogen and oxygen atoms in total. The second-order valence-corrected chi connectivity index (χ2v) is 5.08. The molecule has 2 N–H and O–H groups in total. The summed E-state index contributed by atoms with van der Waals surface area (Å²) in [6, 6.07) is 0.684. The Kier molecular flexibility index (Phi) is 3.13. The maximum absolute atomic E-state index is 6.56. The highest BCUT2D eigenvalue weighted by atomic mass is 15.2. The number of hydrogen-bond donors (Lipinski definition) is 1. The zero-order valence-electron chi connectivity index (χ0n) is 9.47. The maximum atomic E-state index is 6.56. The SMILES string of the molecule is CCN1CCCCC1C1(N)CCCC1. The van der Waals surface area contributed by atoms with E-state index in [2.05, 4.69) is 11.8 Å². The first-order valence-corrected chi connectivity index (χ1v) is 6.29.